The normalized spacial score (nSPS) is 34.6. The van der Waals surface area contributed by atoms with Crippen molar-refractivity contribution in [3.8, 4) is 0 Å². The van der Waals surface area contributed by atoms with Crippen LogP contribution in [0.2, 0.25) is 0 Å². The van der Waals surface area contributed by atoms with Crippen molar-refractivity contribution in [2.45, 2.75) is 58.8 Å². The summed E-state index contributed by atoms with van der Waals surface area (Å²) < 4.78 is 0. The van der Waals surface area contributed by atoms with Crippen LogP contribution in [0.5, 0.6) is 0 Å². The topological polar surface area (TPSA) is 52.7 Å². The van der Waals surface area contributed by atoms with Crippen LogP contribution in [0.25, 0.3) is 0 Å². The number of para-hydroxylation sites is 2. The molecule has 1 saturated heterocycles. The molecular formula is C32H39N3O2. The Labute approximate surface area is 220 Å². The number of hydrazine groups is 1. The number of allylic oxidation sites excluding steroid dienone is 2. The third-order valence-corrected chi connectivity index (χ3v) is 10.4. The Kier molecular flexibility index (Phi) is 5.93. The Morgan fingerprint density at radius 3 is 2.24 bits per heavy atom. The highest BCUT2D eigenvalue weighted by molar-refractivity contribution is 6.02. The highest BCUT2D eigenvalue weighted by Gasteiger charge is 2.59. The molecule has 0 spiro atoms. The molecule has 5 heteroatoms. The van der Waals surface area contributed by atoms with Crippen molar-refractivity contribution in [2.24, 2.45) is 34.5 Å². The predicted octanol–water partition coefficient (Wildman–Crippen LogP) is 6.46. The first kappa shape index (κ1) is 24.3. The van der Waals surface area contributed by atoms with Crippen LogP contribution < -0.4 is 10.4 Å². The third-order valence-electron chi connectivity index (χ3n) is 10.4. The van der Waals surface area contributed by atoms with Gasteiger partial charge in [-0.1, -0.05) is 62.7 Å². The fourth-order valence-electron chi connectivity index (χ4n) is 8.54. The van der Waals surface area contributed by atoms with E-state index in [9.17, 15) is 9.59 Å². The van der Waals surface area contributed by atoms with Gasteiger partial charge in [-0.25, -0.2) is 0 Å². The van der Waals surface area contributed by atoms with Gasteiger partial charge >= 0.3 is 0 Å². The molecule has 3 fully saturated rings. The Bertz CT molecular complexity index is 1170. The van der Waals surface area contributed by atoms with Crippen molar-refractivity contribution in [1.82, 2.24) is 10.3 Å². The molecule has 1 unspecified atom stereocenters. The van der Waals surface area contributed by atoms with E-state index < -0.39 is 5.92 Å². The van der Waals surface area contributed by atoms with Gasteiger partial charge in [-0.2, -0.15) is 0 Å². The number of likely N-dealkylation sites (tertiary alicyclic amines) is 1. The minimum absolute atomic E-state index is 0.0951. The Balaban J connectivity index is 1.30. The van der Waals surface area contributed by atoms with Gasteiger partial charge in [0.2, 0.25) is 5.91 Å². The lowest BCUT2D eigenvalue weighted by Crippen LogP contribution is -2.58. The minimum atomic E-state index is -0.710. The van der Waals surface area contributed by atoms with E-state index in [1.54, 1.807) is 5.01 Å². The van der Waals surface area contributed by atoms with Gasteiger partial charge in [0.1, 0.15) is 5.92 Å². The van der Waals surface area contributed by atoms with E-state index in [0.29, 0.717) is 23.7 Å². The molecule has 4 aliphatic rings. The SMILES string of the molecule is CN1C(=O)C(C(=O)NN(c2ccccc2)c2ccccc2)C[C@@]2(C)C1=CC[C@@H]1[C@H]2CC[C@]2(C)CCC[C@@H]12. The molecule has 6 atom stereocenters. The molecule has 0 aromatic heterocycles. The first-order valence-electron chi connectivity index (χ1n) is 14.0. The summed E-state index contributed by atoms with van der Waals surface area (Å²) in [6.45, 7) is 4.85. The summed E-state index contributed by atoms with van der Waals surface area (Å²) in [5.74, 6) is 0.913. The smallest absolute Gasteiger partial charge is 0.251 e. The van der Waals surface area contributed by atoms with E-state index in [1.165, 1.54) is 32.1 Å². The van der Waals surface area contributed by atoms with Crippen molar-refractivity contribution < 1.29 is 9.59 Å². The number of hydrogen-bond donors (Lipinski definition) is 1. The fraction of sp³-hybridized carbons (Fsp3) is 0.500. The molecule has 5 nitrogen and oxygen atoms in total. The van der Waals surface area contributed by atoms with Gasteiger partial charge in [-0.15, -0.1) is 0 Å². The van der Waals surface area contributed by atoms with E-state index >= 15 is 0 Å². The molecule has 2 saturated carbocycles. The zero-order valence-corrected chi connectivity index (χ0v) is 22.3. The molecule has 1 N–H and O–H groups in total. The standard InChI is InChI=1S/C32H39N3O2/c1-31-19-10-15-26(31)24-16-17-28-32(2,27(24)18-20-31)21-25(30(37)34(28)3)29(36)33-35(22-11-6-4-7-12-22)23-13-8-5-9-14-23/h4-9,11-14,17,24-27H,10,15-16,18-21H2,1-3H3,(H,33,36)/t24-,25?,26-,27+,31-,32+/m0/s1. The summed E-state index contributed by atoms with van der Waals surface area (Å²) in [6, 6.07) is 19.6. The maximum atomic E-state index is 13.9. The zero-order valence-electron chi connectivity index (χ0n) is 22.3. The first-order valence-corrected chi connectivity index (χ1v) is 14.0. The fourth-order valence-corrected chi connectivity index (χ4v) is 8.54. The summed E-state index contributed by atoms with van der Waals surface area (Å²) in [5, 5.41) is 1.80. The van der Waals surface area contributed by atoms with E-state index in [0.717, 1.165) is 29.4 Å². The van der Waals surface area contributed by atoms with Crippen LogP contribution in [0.3, 0.4) is 0 Å². The molecule has 2 aromatic rings. The molecule has 0 bridgehead atoms. The van der Waals surface area contributed by atoms with Crippen LogP contribution in [0.15, 0.2) is 72.4 Å². The summed E-state index contributed by atoms with van der Waals surface area (Å²) in [5.41, 5.74) is 6.30. The number of nitrogens with zero attached hydrogens (tertiary/aromatic N) is 2. The van der Waals surface area contributed by atoms with Gasteiger partial charge in [0.25, 0.3) is 5.91 Å². The second-order valence-electron chi connectivity index (χ2n) is 12.3. The lowest BCUT2D eigenvalue weighted by atomic mass is 9.49. The molecule has 37 heavy (non-hydrogen) atoms. The number of anilines is 2. The molecule has 2 aromatic carbocycles. The number of piperidine rings is 1. The molecule has 2 amide bonds. The maximum absolute atomic E-state index is 13.9. The van der Waals surface area contributed by atoms with E-state index in [-0.39, 0.29) is 17.2 Å². The Hall–Kier alpha value is -3.08. The number of carbonyl (C=O) groups is 2. The Morgan fingerprint density at radius 2 is 1.59 bits per heavy atom. The highest BCUT2D eigenvalue weighted by atomic mass is 16.2. The van der Waals surface area contributed by atoms with Crippen LogP contribution >= 0.6 is 0 Å². The van der Waals surface area contributed by atoms with Crippen molar-refractivity contribution in [3.05, 3.63) is 72.4 Å². The molecule has 6 rings (SSSR count). The van der Waals surface area contributed by atoms with Crippen LogP contribution in [-0.4, -0.2) is 23.8 Å². The number of nitrogens with one attached hydrogen (secondary N) is 1. The largest absolute Gasteiger partial charge is 0.318 e. The monoisotopic (exact) mass is 497 g/mol. The van der Waals surface area contributed by atoms with Gasteiger partial charge < -0.3 is 4.90 Å². The first-order chi connectivity index (χ1) is 17.8. The number of carbonyl (C=O) groups excluding carboxylic acids is 2. The molecule has 1 aliphatic heterocycles. The van der Waals surface area contributed by atoms with E-state index in [2.05, 4.69) is 25.3 Å². The predicted molar refractivity (Wildman–Crippen MR) is 147 cm³/mol. The highest BCUT2D eigenvalue weighted by Crippen LogP contribution is 2.64. The second kappa shape index (κ2) is 9.04. The second-order valence-corrected chi connectivity index (χ2v) is 12.3. The summed E-state index contributed by atoms with van der Waals surface area (Å²) >= 11 is 0. The third kappa shape index (κ3) is 3.89. The van der Waals surface area contributed by atoms with Crippen molar-refractivity contribution in [3.63, 3.8) is 0 Å². The zero-order chi connectivity index (χ0) is 25.8. The van der Waals surface area contributed by atoms with Gasteiger partial charge in [0.15, 0.2) is 0 Å². The number of hydrogen-bond acceptors (Lipinski definition) is 3. The molecular weight excluding hydrogens is 458 g/mol. The van der Waals surface area contributed by atoms with Gasteiger partial charge in [0.05, 0.1) is 11.4 Å². The molecule has 0 radical (unpaired) electrons. The van der Waals surface area contributed by atoms with Gasteiger partial charge in [0, 0.05) is 18.2 Å². The number of fused-ring (bicyclic) bond motifs is 5. The lowest BCUT2D eigenvalue weighted by molar-refractivity contribution is -0.149. The molecule has 1 heterocycles. The number of rotatable bonds is 4. The van der Waals surface area contributed by atoms with Crippen molar-refractivity contribution in [2.75, 3.05) is 12.1 Å². The average molecular weight is 498 g/mol. The lowest BCUT2D eigenvalue weighted by Gasteiger charge is -2.58. The molecule has 194 valence electrons. The van der Waals surface area contributed by atoms with Crippen LogP contribution in [-0.2, 0) is 9.59 Å². The summed E-state index contributed by atoms with van der Waals surface area (Å²) in [4.78, 5) is 29.3. The average Bonchev–Trinajstić information content (AvgIpc) is 3.32. The van der Waals surface area contributed by atoms with Crippen molar-refractivity contribution >= 4 is 23.2 Å². The van der Waals surface area contributed by atoms with E-state index in [1.807, 2.05) is 72.6 Å². The van der Waals surface area contributed by atoms with Gasteiger partial charge in [-0.05, 0) is 86.0 Å². The van der Waals surface area contributed by atoms with Crippen molar-refractivity contribution in [1.29, 1.82) is 0 Å². The number of benzene rings is 2. The minimum Gasteiger partial charge on any atom is -0.318 e. The summed E-state index contributed by atoms with van der Waals surface area (Å²) in [6.07, 6.45) is 10.5. The number of amides is 2. The Morgan fingerprint density at radius 1 is 0.946 bits per heavy atom. The molecule has 3 aliphatic carbocycles. The van der Waals surface area contributed by atoms with E-state index in [4.69, 9.17) is 0 Å². The quantitative estimate of drug-likeness (QED) is 0.390. The van der Waals surface area contributed by atoms with Crippen LogP contribution in [0.1, 0.15) is 58.8 Å². The van der Waals surface area contributed by atoms with Gasteiger partial charge in [-0.3, -0.25) is 20.0 Å². The van der Waals surface area contributed by atoms with Crippen LogP contribution in [0, 0.1) is 34.5 Å². The maximum Gasteiger partial charge on any atom is 0.251 e. The summed E-state index contributed by atoms with van der Waals surface area (Å²) in [7, 11) is 1.88. The van der Waals surface area contributed by atoms with Crippen LogP contribution in [0.4, 0.5) is 11.4 Å².